The number of fused-ring (bicyclic) bond motifs is 2. The highest BCUT2D eigenvalue weighted by molar-refractivity contribution is 7.12. The van der Waals surface area contributed by atoms with E-state index in [0.717, 1.165) is 44.1 Å². The third-order valence-corrected chi connectivity index (χ3v) is 9.28. The van der Waals surface area contributed by atoms with Gasteiger partial charge in [0.15, 0.2) is 5.82 Å². The lowest BCUT2D eigenvalue weighted by Gasteiger charge is -2.24. The Balaban J connectivity index is 1.09. The second-order valence-corrected chi connectivity index (χ2v) is 13.9. The fraction of sp³-hybridized carbons (Fsp3) is 0.371. The number of ether oxygens (including phenoxy) is 1. The molecule has 0 bridgehead atoms. The predicted molar refractivity (Wildman–Crippen MR) is 176 cm³/mol. The van der Waals surface area contributed by atoms with E-state index in [0.29, 0.717) is 39.0 Å². The Hall–Kier alpha value is -4.44. The highest BCUT2D eigenvalue weighted by atomic mass is 32.1. The fourth-order valence-electron chi connectivity index (χ4n) is 5.93. The van der Waals surface area contributed by atoms with Crippen molar-refractivity contribution in [3.63, 3.8) is 0 Å². The molecular weight excluding hydrogens is 586 g/mol. The van der Waals surface area contributed by atoms with Crippen LogP contribution in [0.2, 0.25) is 0 Å². The van der Waals surface area contributed by atoms with Gasteiger partial charge in [0.2, 0.25) is 5.91 Å². The summed E-state index contributed by atoms with van der Waals surface area (Å²) in [5.74, 6) is 0.0610. The van der Waals surface area contributed by atoms with Crippen LogP contribution in [0.5, 0.6) is 0 Å². The van der Waals surface area contributed by atoms with Crippen molar-refractivity contribution < 1.29 is 14.3 Å². The molecule has 234 valence electrons. The number of amides is 2. The number of hydrogen-bond donors (Lipinski definition) is 2. The Morgan fingerprint density at radius 3 is 2.53 bits per heavy atom. The first-order valence-corrected chi connectivity index (χ1v) is 16.3. The number of hydrogen-bond acceptors (Lipinski definition) is 7. The number of carbonyl (C=O) groups excluding carboxylic acids is 2. The molecule has 2 aromatic heterocycles. The molecule has 0 radical (unpaired) electrons. The van der Waals surface area contributed by atoms with Crippen molar-refractivity contribution in [2.45, 2.75) is 84.8 Å². The predicted octanol–water partition coefficient (Wildman–Crippen LogP) is 6.20. The fourth-order valence-corrected chi connectivity index (χ4v) is 7.07. The van der Waals surface area contributed by atoms with E-state index in [4.69, 9.17) is 4.74 Å². The molecule has 1 atom stereocenters. The van der Waals surface area contributed by atoms with Crippen molar-refractivity contribution in [2.24, 2.45) is 0 Å². The van der Waals surface area contributed by atoms with Crippen LogP contribution in [-0.4, -0.2) is 32.1 Å². The summed E-state index contributed by atoms with van der Waals surface area (Å²) in [6.45, 7) is 9.53. The van der Waals surface area contributed by atoms with Crippen LogP contribution in [0.15, 0.2) is 65.6 Å². The smallest absolute Gasteiger partial charge is 0.410 e. The van der Waals surface area contributed by atoms with E-state index in [1.807, 2.05) is 45.0 Å². The molecule has 0 unspecified atom stereocenters. The van der Waals surface area contributed by atoms with Gasteiger partial charge in [-0.05, 0) is 80.0 Å². The number of anilines is 1. The number of rotatable bonds is 8. The monoisotopic (exact) mass is 625 g/mol. The zero-order chi connectivity index (χ0) is 31.7. The third-order valence-electron chi connectivity index (χ3n) is 8.12. The van der Waals surface area contributed by atoms with Crippen LogP contribution in [-0.2, 0) is 48.6 Å². The Bertz CT molecular complexity index is 1770. The number of thiophene rings is 1. The van der Waals surface area contributed by atoms with E-state index in [-0.39, 0.29) is 23.4 Å². The van der Waals surface area contributed by atoms with Crippen molar-refractivity contribution in [2.75, 3.05) is 5.32 Å². The van der Waals surface area contributed by atoms with Crippen molar-refractivity contribution >= 4 is 29.2 Å². The molecule has 0 saturated carbocycles. The van der Waals surface area contributed by atoms with E-state index in [1.165, 1.54) is 5.56 Å². The van der Waals surface area contributed by atoms with Gasteiger partial charge in [0.25, 0.3) is 5.56 Å². The molecule has 2 amide bonds. The summed E-state index contributed by atoms with van der Waals surface area (Å²) in [5, 5.41) is 6.28. The molecule has 4 aromatic rings. The minimum Gasteiger partial charge on any atom is -0.444 e. The molecule has 2 aliphatic heterocycles. The number of aryl methyl sites for hydroxylation is 2. The average molecular weight is 626 g/mol. The lowest BCUT2D eigenvalue weighted by atomic mass is 9.98. The number of carbonyl (C=O) groups is 2. The topological polar surface area (TPSA) is 106 Å². The summed E-state index contributed by atoms with van der Waals surface area (Å²) in [5.41, 5.74) is 5.60. The zero-order valence-electron chi connectivity index (χ0n) is 26.2. The van der Waals surface area contributed by atoms with Crippen LogP contribution in [0.1, 0.15) is 72.3 Å². The molecule has 10 heteroatoms. The van der Waals surface area contributed by atoms with Gasteiger partial charge in [-0.25, -0.2) is 9.78 Å². The molecule has 6 rings (SSSR count). The van der Waals surface area contributed by atoms with E-state index < -0.39 is 11.6 Å². The van der Waals surface area contributed by atoms with Crippen LogP contribution >= 0.6 is 11.3 Å². The molecule has 2 aliphatic rings. The van der Waals surface area contributed by atoms with Crippen LogP contribution in [0.4, 0.5) is 10.6 Å². The van der Waals surface area contributed by atoms with Gasteiger partial charge in [0, 0.05) is 28.2 Å². The highest BCUT2D eigenvalue weighted by Crippen LogP contribution is 2.32. The summed E-state index contributed by atoms with van der Waals surface area (Å²) in [6, 6.07) is 18.2. The maximum Gasteiger partial charge on any atom is 0.410 e. The number of nitrogens with one attached hydrogen (secondary N) is 2. The van der Waals surface area contributed by atoms with Gasteiger partial charge >= 0.3 is 6.09 Å². The Morgan fingerprint density at radius 2 is 1.80 bits per heavy atom. The summed E-state index contributed by atoms with van der Waals surface area (Å²) in [4.78, 5) is 47.6. The van der Waals surface area contributed by atoms with Crippen molar-refractivity contribution in [3.8, 4) is 11.1 Å². The van der Waals surface area contributed by atoms with Crippen molar-refractivity contribution in [3.05, 3.63) is 103 Å². The standard InChI is InChI=1S/C35H39N5O4S/c1-5-22-13-23(15-25(14-22)24-9-7-6-8-10-24)17-36-31-33(42)40-27(18-37-31)11-12-29(40)32(41)38-19-28-16-26-20-39(21-30(26)45-28)34(43)44-35(2,3)4/h6-10,13-16,18,29H,5,11-12,17,19-21H2,1-4H3,(H,36,37)(H,38,41)/t29-/m0/s1. The number of aromatic nitrogens is 2. The summed E-state index contributed by atoms with van der Waals surface area (Å²) < 4.78 is 7.09. The highest BCUT2D eigenvalue weighted by Gasteiger charge is 2.32. The van der Waals surface area contributed by atoms with Crippen molar-refractivity contribution in [1.29, 1.82) is 0 Å². The van der Waals surface area contributed by atoms with Gasteiger partial charge in [-0.2, -0.15) is 0 Å². The molecule has 2 aromatic carbocycles. The molecule has 9 nitrogen and oxygen atoms in total. The molecule has 45 heavy (non-hydrogen) atoms. The molecule has 0 aliphatic carbocycles. The number of nitrogens with zero attached hydrogens (tertiary/aromatic N) is 3. The first-order valence-electron chi connectivity index (χ1n) is 15.5. The van der Waals surface area contributed by atoms with Gasteiger partial charge in [0.1, 0.15) is 11.6 Å². The van der Waals surface area contributed by atoms with E-state index in [2.05, 4.69) is 52.9 Å². The van der Waals surface area contributed by atoms with E-state index in [9.17, 15) is 14.4 Å². The third kappa shape index (κ3) is 6.81. The second-order valence-electron chi connectivity index (χ2n) is 12.7. The number of benzene rings is 2. The summed E-state index contributed by atoms with van der Waals surface area (Å²) in [6.07, 6.45) is 3.46. The molecule has 0 saturated heterocycles. The second kappa shape index (κ2) is 12.5. The summed E-state index contributed by atoms with van der Waals surface area (Å²) in [7, 11) is 0. The van der Waals surface area contributed by atoms with Gasteiger partial charge in [-0.15, -0.1) is 11.3 Å². The van der Waals surface area contributed by atoms with Crippen LogP contribution in [0.3, 0.4) is 0 Å². The lowest BCUT2D eigenvalue weighted by molar-refractivity contribution is -0.124. The first kappa shape index (κ1) is 30.6. The van der Waals surface area contributed by atoms with Crippen LogP contribution in [0.25, 0.3) is 11.1 Å². The zero-order valence-corrected chi connectivity index (χ0v) is 27.0. The largest absolute Gasteiger partial charge is 0.444 e. The van der Waals surface area contributed by atoms with Gasteiger partial charge in [-0.1, -0.05) is 49.4 Å². The first-order chi connectivity index (χ1) is 21.6. The quantitative estimate of drug-likeness (QED) is 0.242. The van der Waals surface area contributed by atoms with Gasteiger partial charge in [0.05, 0.1) is 19.6 Å². The summed E-state index contributed by atoms with van der Waals surface area (Å²) >= 11 is 1.59. The minimum absolute atomic E-state index is 0.180. The van der Waals surface area contributed by atoms with Crippen LogP contribution in [0, 0.1) is 0 Å². The molecule has 0 spiro atoms. The Kier molecular flexibility index (Phi) is 8.50. The molecule has 4 heterocycles. The molecular formula is C35H39N5O4S. The Labute approximate surface area is 267 Å². The van der Waals surface area contributed by atoms with Crippen LogP contribution < -0.4 is 16.2 Å². The van der Waals surface area contributed by atoms with Gasteiger partial charge < -0.3 is 15.4 Å². The van der Waals surface area contributed by atoms with Crippen molar-refractivity contribution in [1.82, 2.24) is 19.8 Å². The lowest BCUT2D eigenvalue weighted by Crippen LogP contribution is -2.36. The average Bonchev–Trinajstić information content (AvgIpc) is 3.73. The minimum atomic E-state index is -0.585. The maximum atomic E-state index is 13.6. The SMILES string of the molecule is CCc1cc(CNc2ncc3n(c2=O)[C@H](C(=O)NCc2cc4c(s2)CN(C(=O)OC(C)(C)C)C4)CC3)cc(-c2ccccc2)c1. The molecule has 0 fully saturated rings. The van der Waals surface area contributed by atoms with Gasteiger partial charge in [-0.3, -0.25) is 19.1 Å². The molecule has 2 N–H and O–H groups in total. The Morgan fingerprint density at radius 1 is 1.02 bits per heavy atom. The maximum absolute atomic E-state index is 13.6. The van der Waals surface area contributed by atoms with E-state index >= 15 is 0 Å². The normalized spacial score (nSPS) is 15.5. The van der Waals surface area contributed by atoms with E-state index in [1.54, 1.807) is 27.0 Å².